The SMILES string of the molecule is CC[C@@H]1CCc2c(sc(NC(=O)COc3ccccc3)c2C(N)=O)C1. The van der Waals surface area contributed by atoms with Crippen molar-refractivity contribution < 1.29 is 14.3 Å². The Balaban J connectivity index is 1.72. The molecule has 0 aliphatic heterocycles. The zero-order valence-electron chi connectivity index (χ0n) is 14.2. The third kappa shape index (κ3) is 4.02. The van der Waals surface area contributed by atoms with E-state index < -0.39 is 5.91 Å². The molecule has 0 fully saturated rings. The number of amides is 2. The number of primary amides is 1. The first-order valence-corrected chi connectivity index (χ1v) is 9.32. The molecule has 0 bridgehead atoms. The molecule has 0 unspecified atom stereocenters. The van der Waals surface area contributed by atoms with Gasteiger partial charge in [0.2, 0.25) is 0 Å². The van der Waals surface area contributed by atoms with E-state index in [0.29, 0.717) is 22.2 Å². The van der Waals surface area contributed by atoms with Crippen LogP contribution in [-0.4, -0.2) is 18.4 Å². The van der Waals surface area contributed by atoms with Crippen molar-refractivity contribution in [2.24, 2.45) is 11.7 Å². The first-order valence-electron chi connectivity index (χ1n) is 8.50. The first-order chi connectivity index (χ1) is 12.1. The number of hydrogen-bond acceptors (Lipinski definition) is 4. The fourth-order valence-corrected chi connectivity index (χ4v) is 4.56. The highest BCUT2D eigenvalue weighted by Gasteiger charge is 2.28. The number of anilines is 1. The molecular formula is C19H22N2O3S. The van der Waals surface area contributed by atoms with Gasteiger partial charge in [0, 0.05) is 4.88 Å². The van der Waals surface area contributed by atoms with Gasteiger partial charge in [0.15, 0.2) is 6.61 Å². The zero-order valence-corrected chi connectivity index (χ0v) is 15.0. The standard InChI is InChI=1S/C19H22N2O3S/c1-2-12-8-9-14-15(10-12)25-19(17(14)18(20)23)21-16(22)11-24-13-6-4-3-5-7-13/h3-7,12H,2,8-11H2,1H3,(H2,20,23)(H,21,22)/t12-/m1/s1. The number of carbonyl (C=O) groups excluding carboxylic acids is 2. The van der Waals surface area contributed by atoms with E-state index in [4.69, 9.17) is 10.5 Å². The minimum atomic E-state index is -0.480. The van der Waals surface area contributed by atoms with Crippen molar-refractivity contribution in [2.75, 3.05) is 11.9 Å². The lowest BCUT2D eigenvalue weighted by molar-refractivity contribution is -0.118. The number of para-hydroxylation sites is 1. The minimum Gasteiger partial charge on any atom is -0.484 e. The Morgan fingerprint density at radius 2 is 2.08 bits per heavy atom. The molecule has 3 N–H and O–H groups in total. The summed E-state index contributed by atoms with van der Waals surface area (Å²) in [7, 11) is 0. The van der Waals surface area contributed by atoms with E-state index in [0.717, 1.165) is 31.2 Å². The lowest BCUT2D eigenvalue weighted by Gasteiger charge is -2.20. The topological polar surface area (TPSA) is 81.4 Å². The number of carbonyl (C=O) groups is 2. The fourth-order valence-electron chi connectivity index (χ4n) is 3.18. The molecule has 1 atom stereocenters. The number of rotatable bonds is 6. The van der Waals surface area contributed by atoms with Gasteiger partial charge in [-0.3, -0.25) is 9.59 Å². The van der Waals surface area contributed by atoms with Crippen LogP contribution in [0.15, 0.2) is 30.3 Å². The summed E-state index contributed by atoms with van der Waals surface area (Å²) in [5.41, 5.74) is 7.07. The van der Waals surface area contributed by atoms with Gasteiger partial charge >= 0.3 is 0 Å². The molecule has 2 aromatic rings. The Kier molecular flexibility index (Phi) is 5.38. The second-order valence-corrected chi connectivity index (χ2v) is 7.34. The van der Waals surface area contributed by atoms with Gasteiger partial charge in [-0.15, -0.1) is 11.3 Å². The number of ether oxygens (including phenoxy) is 1. The summed E-state index contributed by atoms with van der Waals surface area (Å²) < 4.78 is 5.45. The first kappa shape index (κ1) is 17.5. The molecule has 5 nitrogen and oxygen atoms in total. The highest BCUT2D eigenvalue weighted by atomic mass is 32.1. The molecule has 1 aromatic carbocycles. The van der Waals surface area contributed by atoms with Crippen LogP contribution in [0.4, 0.5) is 5.00 Å². The summed E-state index contributed by atoms with van der Waals surface area (Å²) >= 11 is 1.47. The Labute approximate surface area is 151 Å². The number of nitrogens with one attached hydrogen (secondary N) is 1. The predicted molar refractivity (Wildman–Crippen MR) is 99.2 cm³/mol. The monoisotopic (exact) mass is 358 g/mol. The van der Waals surface area contributed by atoms with Crippen molar-refractivity contribution in [3.05, 3.63) is 46.3 Å². The lowest BCUT2D eigenvalue weighted by Crippen LogP contribution is -2.22. The molecule has 0 saturated carbocycles. The van der Waals surface area contributed by atoms with Crippen LogP contribution in [0.1, 0.15) is 40.6 Å². The number of thiophene rings is 1. The van der Waals surface area contributed by atoms with Crippen molar-refractivity contribution in [2.45, 2.75) is 32.6 Å². The van der Waals surface area contributed by atoms with Gasteiger partial charge in [-0.2, -0.15) is 0 Å². The van der Waals surface area contributed by atoms with E-state index in [1.165, 1.54) is 16.2 Å². The summed E-state index contributed by atoms with van der Waals surface area (Å²) in [4.78, 5) is 25.3. The smallest absolute Gasteiger partial charge is 0.262 e. The second kappa shape index (κ2) is 7.70. The molecule has 132 valence electrons. The number of fused-ring (bicyclic) bond motifs is 1. The van der Waals surface area contributed by atoms with Gasteiger partial charge in [-0.25, -0.2) is 0 Å². The average Bonchev–Trinajstić information content (AvgIpc) is 2.97. The highest BCUT2D eigenvalue weighted by Crippen LogP contribution is 2.40. The molecule has 1 aliphatic carbocycles. The molecule has 1 aliphatic rings. The van der Waals surface area contributed by atoms with Crippen LogP contribution < -0.4 is 15.8 Å². The Morgan fingerprint density at radius 3 is 2.76 bits per heavy atom. The van der Waals surface area contributed by atoms with Crippen molar-refractivity contribution in [3.63, 3.8) is 0 Å². The third-order valence-electron chi connectivity index (χ3n) is 4.56. The van der Waals surface area contributed by atoms with Crippen LogP contribution >= 0.6 is 11.3 Å². The van der Waals surface area contributed by atoms with Gasteiger partial charge in [0.05, 0.1) is 5.56 Å². The molecule has 1 aromatic heterocycles. The summed E-state index contributed by atoms with van der Waals surface area (Å²) in [5.74, 6) is 0.490. The van der Waals surface area contributed by atoms with Crippen LogP contribution in [0.3, 0.4) is 0 Å². The van der Waals surface area contributed by atoms with Crippen molar-refractivity contribution >= 4 is 28.2 Å². The summed E-state index contributed by atoms with van der Waals surface area (Å²) in [6, 6.07) is 9.14. The Hall–Kier alpha value is -2.34. The summed E-state index contributed by atoms with van der Waals surface area (Å²) in [6.45, 7) is 2.07. The Morgan fingerprint density at radius 1 is 1.32 bits per heavy atom. The molecule has 1 heterocycles. The molecule has 0 spiro atoms. The maximum absolute atomic E-state index is 12.2. The van der Waals surface area contributed by atoms with Crippen LogP contribution in [0, 0.1) is 5.92 Å². The number of nitrogens with two attached hydrogens (primary N) is 1. The van der Waals surface area contributed by atoms with Crippen LogP contribution in [0.5, 0.6) is 5.75 Å². The minimum absolute atomic E-state index is 0.109. The fraction of sp³-hybridized carbons (Fsp3) is 0.368. The summed E-state index contributed by atoms with van der Waals surface area (Å²) in [6.07, 6.45) is 3.98. The van der Waals surface area contributed by atoms with Gasteiger partial charge in [0.25, 0.3) is 11.8 Å². The molecule has 0 saturated heterocycles. The van der Waals surface area contributed by atoms with Crippen molar-refractivity contribution in [1.82, 2.24) is 0 Å². The van der Waals surface area contributed by atoms with E-state index in [1.54, 1.807) is 12.1 Å². The van der Waals surface area contributed by atoms with E-state index in [2.05, 4.69) is 12.2 Å². The van der Waals surface area contributed by atoms with E-state index >= 15 is 0 Å². The normalized spacial score (nSPS) is 16.1. The predicted octanol–water partition coefficient (Wildman–Crippen LogP) is 3.38. The molecule has 2 amide bonds. The van der Waals surface area contributed by atoms with Crippen LogP contribution in [0.25, 0.3) is 0 Å². The van der Waals surface area contributed by atoms with E-state index in [1.807, 2.05) is 18.2 Å². The molecule has 25 heavy (non-hydrogen) atoms. The van der Waals surface area contributed by atoms with E-state index in [-0.39, 0.29) is 12.5 Å². The second-order valence-electron chi connectivity index (χ2n) is 6.24. The van der Waals surface area contributed by atoms with Gasteiger partial charge < -0.3 is 15.8 Å². The number of benzene rings is 1. The van der Waals surface area contributed by atoms with Gasteiger partial charge in [0.1, 0.15) is 10.8 Å². The van der Waals surface area contributed by atoms with Gasteiger partial charge in [-0.05, 0) is 42.9 Å². The zero-order chi connectivity index (χ0) is 17.8. The Bertz CT molecular complexity index is 770. The molecule has 0 radical (unpaired) electrons. The maximum Gasteiger partial charge on any atom is 0.262 e. The van der Waals surface area contributed by atoms with Gasteiger partial charge in [-0.1, -0.05) is 31.5 Å². The van der Waals surface area contributed by atoms with Crippen LogP contribution in [-0.2, 0) is 17.6 Å². The highest BCUT2D eigenvalue weighted by molar-refractivity contribution is 7.17. The molecular weight excluding hydrogens is 336 g/mol. The molecule has 3 rings (SSSR count). The van der Waals surface area contributed by atoms with Crippen molar-refractivity contribution in [1.29, 1.82) is 0 Å². The lowest BCUT2D eigenvalue weighted by atomic mass is 9.85. The number of hydrogen-bond donors (Lipinski definition) is 2. The molecule has 6 heteroatoms. The van der Waals surface area contributed by atoms with E-state index in [9.17, 15) is 9.59 Å². The largest absolute Gasteiger partial charge is 0.484 e. The third-order valence-corrected chi connectivity index (χ3v) is 5.73. The average molecular weight is 358 g/mol. The maximum atomic E-state index is 12.2. The van der Waals surface area contributed by atoms with Crippen molar-refractivity contribution in [3.8, 4) is 5.75 Å². The summed E-state index contributed by atoms with van der Waals surface area (Å²) in [5, 5.41) is 3.36. The quantitative estimate of drug-likeness (QED) is 0.830. The van der Waals surface area contributed by atoms with Crippen LogP contribution in [0.2, 0.25) is 0 Å².